The Bertz CT molecular complexity index is 126. The van der Waals surface area contributed by atoms with E-state index in [1.807, 2.05) is 14.1 Å². The summed E-state index contributed by atoms with van der Waals surface area (Å²) in [4.78, 5) is 2.07. The Morgan fingerprint density at radius 2 is 1.44 bits per heavy atom. The third kappa shape index (κ3) is 13.8. The Morgan fingerprint density at radius 3 is 1.94 bits per heavy atom. The van der Waals surface area contributed by atoms with E-state index < -0.39 is 6.10 Å². The highest BCUT2D eigenvalue weighted by Crippen LogP contribution is 1.85. The van der Waals surface area contributed by atoms with Gasteiger partial charge in [-0.1, -0.05) is 0 Å². The maximum absolute atomic E-state index is 8.91. The molecule has 0 aliphatic rings. The van der Waals surface area contributed by atoms with E-state index in [1.165, 1.54) is 0 Å². The van der Waals surface area contributed by atoms with Crippen molar-refractivity contribution in [3.63, 3.8) is 0 Å². The maximum atomic E-state index is 8.91. The van der Waals surface area contributed by atoms with Gasteiger partial charge in [-0.2, -0.15) is 0 Å². The number of nitrogens with zero attached hydrogens (tertiary/aromatic N) is 1. The summed E-state index contributed by atoms with van der Waals surface area (Å²) in [6.07, 6.45) is -0.408. The maximum Gasteiger partial charge on any atom is 0.0745 e. The number of aliphatic hydroxyl groups is 1. The van der Waals surface area contributed by atoms with E-state index in [4.69, 9.17) is 19.3 Å². The number of hydrogen-bond acceptors (Lipinski definition) is 5. The van der Waals surface area contributed by atoms with Crippen LogP contribution in [-0.4, -0.2) is 76.4 Å². The highest BCUT2D eigenvalue weighted by atomic mass is 16.5. The first-order valence-electron chi connectivity index (χ1n) is 5.69. The molecule has 0 fully saturated rings. The van der Waals surface area contributed by atoms with Crippen molar-refractivity contribution in [2.75, 3.05) is 60.3 Å². The highest BCUT2D eigenvalue weighted by Gasteiger charge is 1.95. The van der Waals surface area contributed by atoms with Gasteiger partial charge in [0.2, 0.25) is 0 Å². The number of hydrogen-bond donors (Lipinski definition) is 1. The minimum atomic E-state index is -0.408. The van der Waals surface area contributed by atoms with Gasteiger partial charge < -0.3 is 24.2 Å². The van der Waals surface area contributed by atoms with Gasteiger partial charge in [-0.25, -0.2) is 0 Å². The lowest BCUT2D eigenvalue weighted by Gasteiger charge is -2.10. The van der Waals surface area contributed by atoms with Crippen LogP contribution in [0.1, 0.15) is 6.92 Å². The lowest BCUT2D eigenvalue weighted by molar-refractivity contribution is -0.00694. The fraction of sp³-hybridized carbons (Fsp3) is 1.00. The van der Waals surface area contributed by atoms with Crippen LogP contribution in [-0.2, 0) is 14.2 Å². The zero-order chi connectivity index (χ0) is 12.2. The Kier molecular flexibility index (Phi) is 11.1. The molecule has 16 heavy (non-hydrogen) atoms. The van der Waals surface area contributed by atoms with Crippen LogP contribution >= 0.6 is 0 Å². The van der Waals surface area contributed by atoms with Crippen molar-refractivity contribution < 1.29 is 19.3 Å². The third-order valence-electron chi connectivity index (χ3n) is 1.79. The van der Waals surface area contributed by atoms with Gasteiger partial charge in [0.1, 0.15) is 0 Å². The van der Waals surface area contributed by atoms with Gasteiger partial charge in [-0.05, 0) is 21.0 Å². The summed E-state index contributed by atoms with van der Waals surface area (Å²) in [5, 5.41) is 8.91. The molecule has 0 aliphatic carbocycles. The van der Waals surface area contributed by atoms with Gasteiger partial charge in [0.25, 0.3) is 0 Å². The monoisotopic (exact) mass is 235 g/mol. The smallest absolute Gasteiger partial charge is 0.0745 e. The topological polar surface area (TPSA) is 51.2 Å². The van der Waals surface area contributed by atoms with Crippen molar-refractivity contribution in [2.24, 2.45) is 0 Å². The summed E-state index contributed by atoms with van der Waals surface area (Å²) in [7, 11) is 4.03. The molecule has 0 heterocycles. The molecule has 0 saturated carbocycles. The second-order valence-corrected chi connectivity index (χ2v) is 3.95. The van der Waals surface area contributed by atoms with Crippen LogP contribution in [0.25, 0.3) is 0 Å². The minimum absolute atomic E-state index is 0.364. The lowest BCUT2D eigenvalue weighted by Crippen LogP contribution is -2.19. The SMILES string of the molecule is CC(O)COCCOCCOCCN(C)C. The summed E-state index contributed by atoms with van der Waals surface area (Å²) in [6.45, 7) is 5.98. The number of aliphatic hydroxyl groups excluding tert-OH is 1. The Labute approximate surface area is 98.3 Å². The molecule has 1 atom stereocenters. The van der Waals surface area contributed by atoms with Crippen molar-refractivity contribution in [3.05, 3.63) is 0 Å². The van der Waals surface area contributed by atoms with Gasteiger partial charge in [0, 0.05) is 6.54 Å². The first-order valence-corrected chi connectivity index (χ1v) is 5.69. The van der Waals surface area contributed by atoms with Crippen LogP contribution in [0.4, 0.5) is 0 Å². The molecular formula is C11H25NO4. The summed E-state index contributed by atoms with van der Waals surface area (Å²) in [5.74, 6) is 0. The van der Waals surface area contributed by atoms with Crippen LogP contribution in [0.5, 0.6) is 0 Å². The van der Waals surface area contributed by atoms with Gasteiger partial charge in [0.15, 0.2) is 0 Å². The number of ether oxygens (including phenoxy) is 3. The molecule has 0 amide bonds. The Hall–Kier alpha value is -0.200. The van der Waals surface area contributed by atoms with Crippen molar-refractivity contribution in [1.29, 1.82) is 0 Å². The normalized spacial score (nSPS) is 13.3. The Balaban J connectivity index is 2.93. The van der Waals surface area contributed by atoms with E-state index in [1.54, 1.807) is 6.92 Å². The molecule has 0 aliphatic heterocycles. The zero-order valence-electron chi connectivity index (χ0n) is 10.6. The zero-order valence-corrected chi connectivity index (χ0v) is 10.6. The van der Waals surface area contributed by atoms with Gasteiger partial charge in [0.05, 0.1) is 45.7 Å². The van der Waals surface area contributed by atoms with E-state index in [9.17, 15) is 0 Å². The largest absolute Gasteiger partial charge is 0.391 e. The van der Waals surface area contributed by atoms with Gasteiger partial charge in [-0.3, -0.25) is 0 Å². The molecule has 0 saturated heterocycles. The van der Waals surface area contributed by atoms with Crippen molar-refractivity contribution in [3.8, 4) is 0 Å². The van der Waals surface area contributed by atoms with Crippen molar-refractivity contribution in [2.45, 2.75) is 13.0 Å². The third-order valence-corrected chi connectivity index (χ3v) is 1.79. The molecule has 0 rings (SSSR count). The minimum Gasteiger partial charge on any atom is -0.391 e. The molecule has 0 spiro atoms. The fourth-order valence-corrected chi connectivity index (χ4v) is 0.941. The van der Waals surface area contributed by atoms with Crippen LogP contribution in [0.2, 0.25) is 0 Å². The predicted octanol–water partition coefficient (Wildman–Crippen LogP) is -0.0214. The molecule has 0 bridgehead atoms. The van der Waals surface area contributed by atoms with Crippen LogP contribution in [0, 0.1) is 0 Å². The molecular weight excluding hydrogens is 210 g/mol. The Morgan fingerprint density at radius 1 is 0.938 bits per heavy atom. The van der Waals surface area contributed by atoms with Crippen LogP contribution in [0.15, 0.2) is 0 Å². The lowest BCUT2D eigenvalue weighted by atomic mass is 10.4. The molecule has 5 heteroatoms. The summed E-state index contributed by atoms with van der Waals surface area (Å²) < 4.78 is 15.8. The van der Waals surface area contributed by atoms with Crippen molar-refractivity contribution in [1.82, 2.24) is 4.90 Å². The molecule has 5 nitrogen and oxygen atoms in total. The van der Waals surface area contributed by atoms with Gasteiger partial charge in [-0.15, -0.1) is 0 Å². The molecule has 1 unspecified atom stereocenters. The van der Waals surface area contributed by atoms with E-state index in [2.05, 4.69) is 4.90 Å². The quantitative estimate of drug-likeness (QED) is 0.510. The molecule has 0 aromatic heterocycles. The first-order chi connectivity index (χ1) is 7.63. The van der Waals surface area contributed by atoms with E-state index >= 15 is 0 Å². The number of likely N-dealkylation sites (N-methyl/N-ethyl adjacent to an activating group) is 1. The average molecular weight is 235 g/mol. The average Bonchev–Trinajstić information content (AvgIpc) is 2.20. The standard InChI is InChI=1S/C11H25NO4/c1-11(13)10-16-9-8-15-7-6-14-5-4-12(2)3/h11,13H,4-10H2,1-3H3. The van der Waals surface area contributed by atoms with Gasteiger partial charge >= 0.3 is 0 Å². The molecule has 1 N–H and O–H groups in total. The predicted molar refractivity (Wildman–Crippen MR) is 62.7 cm³/mol. The highest BCUT2D eigenvalue weighted by molar-refractivity contribution is 4.42. The molecule has 0 radical (unpaired) electrons. The van der Waals surface area contributed by atoms with E-state index in [0.717, 1.165) is 13.2 Å². The van der Waals surface area contributed by atoms with Crippen molar-refractivity contribution >= 4 is 0 Å². The molecule has 0 aromatic carbocycles. The molecule has 98 valence electrons. The second kappa shape index (κ2) is 11.3. The second-order valence-electron chi connectivity index (χ2n) is 3.95. The van der Waals surface area contributed by atoms with E-state index in [0.29, 0.717) is 33.0 Å². The molecule has 0 aromatic rings. The summed E-state index contributed by atoms with van der Waals surface area (Å²) in [5.41, 5.74) is 0. The van der Waals surface area contributed by atoms with Crippen LogP contribution in [0.3, 0.4) is 0 Å². The first kappa shape index (κ1) is 15.8. The summed E-state index contributed by atoms with van der Waals surface area (Å²) >= 11 is 0. The number of rotatable bonds is 11. The van der Waals surface area contributed by atoms with Crippen LogP contribution < -0.4 is 0 Å². The fourth-order valence-electron chi connectivity index (χ4n) is 0.941. The summed E-state index contributed by atoms with van der Waals surface area (Å²) in [6, 6.07) is 0. The van der Waals surface area contributed by atoms with E-state index in [-0.39, 0.29) is 0 Å².